The van der Waals surface area contributed by atoms with Gasteiger partial charge in [0.2, 0.25) is 0 Å². The van der Waals surface area contributed by atoms with Crippen LogP contribution in [0, 0.1) is 0 Å². The molecule has 2 rings (SSSR count). The number of esters is 2. The Kier molecular flexibility index (Phi) is 10.7. The quantitative estimate of drug-likeness (QED) is 0.117. The van der Waals surface area contributed by atoms with Crippen LogP contribution in [0.4, 0.5) is 22.0 Å². The van der Waals surface area contributed by atoms with Crippen LogP contribution in [0.25, 0.3) is 0 Å². The summed E-state index contributed by atoms with van der Waals surface area (Å²) in [6, 6.07) is 14.5. The van der Waals surface area contributed by atoms with Gasteiger partial charge in [-0.1, -0.05) is 49.0 Å². The van der Waals surface area contributed by atoms with Gasteiger partial charge >= 0.3 is 23.4 Å². The molecule has 0 heterocycles. The zero-order valence-electron chi connectivity index (χ0n) is 20.8. The third kappa shape index (κ3) is 9.84. The third-order valence-corrected chi connectivity index (χ3v) is 5.20. The van der Waals surface area contributed by atoms with Crippen molar-refractivity contribution in [3.8, 4) is 5.75 Å². The Balaban J connectivity index is 0.000000544. The number of carbonyl (C=O) groups excluding carboxylic acids is 2. The molecule has 0 aliphatic heterocycles. The molecule has 14 heteroatoms. The van der Waals surface area contributed by atoms with Crippen LogP contribution in [0.5, 0.6) is 5.75 Å². The maximum Gasteiger partial charge on any atom is 0.432 e. The topological polar surface area (TPSA) is 110 Å². The molecule has 0 aliphatic carbocycles. The fourth-order valence-electron chi connectivity index (χ4n) is 2.67. The second kappa shape index (κ2) is 12.5. The molecular formula is C24H26F5NO7S. The SMILES string of the molecule is C=C(C)C(=O)Oc1ccccc1C(=O)OC(C(F)(F)F)C(F)(F)S(=O)(=O)[O-].C[N+](C)(C)Cc1ccccc1. The second-order valence-electron chi connectivity index (χ2n) is 8.94. The van der Waals surface area contributed by atoms with Crippen LogP contribution < -0.4 is 4.74 Å². The molecule has 0 saturated heterocycles. The number of carbonyl (C=O) groups is 2. The van der Waals surface area contributed by atoms with Crippen LogP contribution in [0.3, 0.4) is 0 Å². The average molecular weight is 568 g/mol. The number of halogens is 5. The molecule has 0 radical (unpaired) electrons. The molecule has 0 saturated carbocycles. The van der Waals surface area contributed by atoms with Crippen LogP contribution >= 0.6 is 0 Å². The van der Waals surface area contributed by atoms with E-state index in [0.29, 0.717) is 0 Å². The van der Waals surface area contributed by atoms with Crippen molar-refractivity contribution in [1.29, 1.82) is 0 Å². The summed E-state index contributed by atoms with van der Waals surface area (Å²) in [5.74, 6) is -3.86. The van der Waals surface area contributed by atoms with E-state index in [1.165, 1.54) is 18.6 Å². The van der Waals surface area contributed by atoms with Crippen molar-refractivity contribution in [2.75, 3.05) is 21.1 Å². The maximum absolute atomic E-state index is 13.4. The van der Waals surface area contributed by atoms with Gasteiger partial charge in [0.15, 0.2) is 10.1 Å². The Morgan fingerprint density at radius 2 is 1.47 bits per heavy atom. The number of quaternary nitrogens is 1. The van der Waals surface area contributed by atoms with Crippen LogP contribution in [0.2, 0.25) is 0 Å². The molecule has 0 fully saturated rings. The fraction of sp³-hybridized carbons (Fsp3) is 0.333. The van der Waals surface area contributed by atoms with E-state index in [4.69, 9.17) is 0 Å². The molecule has 8 nitrogen and oxygen atoms in total. The summed E-state index contributed by atoms with van der Waals surface area (Å²) < 4.78 is 106. The lowest BCUT2D eigenvalue weighted by Crippen LogP contribution is -2.52. The third-order valence-electron chi connectivity index (χ3n) is 4.32. The van der Waals surface area contributed by atoms with Gasteiger partial charge in [-0.2, -0.15) is 22.0 Å². The van der Waals surface area contributed by atoms with Gasteiger partial charge in [-0.15, -0.1) is 0 Å². The van der Waals surface area contributed by atoms with Gasteiger partial charge in [-0.05, 0) is 19.1 Å². The minimum atomic E-state index is -6.83. The van der Waals surface area contributed by atoms with E-state index in [2.05, 4.69) is 67.5 Å². The number of hydrogen-bond donors (Lipinski definition) is 0. The largest absolute Gasteiger partial charge is 0.743 e. The Labute approximate surface area is 216 Å². The van der Waals surface area contributed by atoms with E-state index in [-0.39, 0.29) is 5.57 Å². The molecule has 2 aromatic carbocycles. The first-order valence-electron chi connectivity index (χ1n) is 10.6. The molecule has 1 atom stereocenters. The van der Waals surface area contributed by atoms with Gasteiger partial charge in [0, 0.05) is 11.1 Å². The number of hydrogen-bond acceptors (Lipinski definition) is 7. The molecule has 0 aromatic heterocycles. The van der Waals surface area contributed by atoms with Gasteiger partial charge in [-0.3, -0.25) is 0 Å². The van der Waals surface area contributed by atoms with Crippen molar-refractivity contribution < 1.29 is 58.5 Å². The van der Waals surface area contributed by atoms with Crippen molar-refractivity contribution in [3.63, 3.8) is 0 Å². The summed E-state index contributed by atoms with van der Waals surface area (Å²) in [6.45, 7) is 5.53. The Bertz CT molecular complexity index is 1240. The lowest BCUT2D eigenvalue weighted by Gasteiger charge is -2.29. The molecular weight excluding hydrogens is 541 g/mol. The fourth-order valence-corrected chi connectivity index (χ4v) is 3.11. The number of para-hydroxylation sites is 1. The zero-order valence-corrected chi connectivity index (χ0v) is 21.6. The monoisotopic (exact) mass is 567 g/mol. The molecule has 38 heavy (non-hydrogen) atoms. The highest BCUT2D eigenvalue weighted by atomic mass is 32.2. The smallest absolute Gasteiger partial charge is 0.432 e. The van der Waals surface area contributed by atoms with E-state index in [9.17, 15) is 44.5 Å². The summed E-state index contributed by atoms with van der Waals surface area (Å²) in [5.41, 5.74) is 0.343. The number of ether oxygens (including phenoxy) is 2. The van der Waals surface area contributed by atoms with E-state index >= 15 is 0 Å². The highest BCUT2D eigenvalue weighted by molar-refractivity contribution is 7.86. The first kappa shape index (κ1) is 32.7. The van der Waals surface area contributed by atoms with Crippen molar-refractivity contribution in [1.82, 2.24) is 0 Å². The maximum atomic E-state index is 13.4. The van der Waals surface area contributed by atoms with Gasteiger partial charge in [-0.25, -0.2) is 18.0 Å². The molecule has 0 N–H and O–H groups in total. The van der Waals surface area contributed by atoms with Crippen LogP contribution in [-0.4, -0.2) is 68.1 Å². The van der Waals surface area contributed by atoms with E-state index < -0.39 is 50.9 Å². The average Bonchev–Trinajstić information content (AvgIpc) is 2.76. The second-order valence-corrected chi connectivity index (χ2v) is 10.4. The van der Waals surface area contributed by atoms with Crippen LogP contribution in [0.1, 0.15) is 22.8 Å². The molecule has 210 valence electrons. The first-order valence-corrected chi connectivity index (χ1v) is 12.0. The predicted molar refractivity (Wildman–Crippen MR) is 125 cm³/mol. The number of rotatable bonds is 8. The first-order chi connectivity index (χ1) is 17.2. The van der Waals surface area contributed by atoms with Crippen LogP contribution in [-0.2, 0) is 26.2 Å². The summed E-state index contributed by atoms with van der Waals surface area (Å²) >= 11 is 0. The summed E-state index contributed by atoms with van der Waals surface area (Å²) in [5, 5.41) is -6.00. The van der Waals surface area contributed by atoms with E-state index in [0.717, 1.165) is 29.2 Å². The molecule has 0 amide bonds. The predicted octanol–water partition coefficient (Wildman–Crippen LogP) is 4.29. The minimum Gasteiger partial charge on any atom is -0.743 e. The van der Waals surface area contributed by atoms with Crippen LogP contribution in [0.15, 0.2) is 66.7 Å². The van der Waals surface area contributed by atoms with Gasteiger partial charge < -0.3 is 18.5 Å². The normalized spacial score (nSPS) is 13.0. The van der Waals surface area contributed by atoms with E-state index in [1.807, 2.05) is 0 Å². The van der Waals surface area contributed by atoms with Gasteiger partial charge in [0.25, 0.3) is 6.10 Å². The highest BCUT2D eigenvalue weighted by Gasteiger charge is 2.63. The van der Waals surface area contributed by atoms with Crippen molar-refractivity contribution in [2.24, 2.45) is 0 Å². The number of benzene rings is 2. The lowest BCUT2D eigenvalue weighted by molar-refractivity contribution is -0.884. The minimum absolute atomic E-state index is 0.157. The Hall–Kier alpha value is -3.36. The molecule has 1 unspecified atom stereocenters. The molecule has 2 aromatic rings. The number of nitrogens with zero attached hydrogens (tertiary/aromatic N) is 1. The lowest BCUT2D eigenvalue weighted by atomic mass is 10.2. The zero-order chi connectivity index (χ0) is 29.5. The molecule has 0 bridgehead atoms. The van der Waals surface area contributed by atoms with Gasteiger partial charge in [0.1, 0.15) is 17.9 Å². The van der Waals surface area contributed by atoms with Crippen molar-refractivity contribution >= 4 is 22.1 Å². The molecule has 0 aliphatic rings. The van der Waals surface area contributed by atoms with Crippen molar-refractivity contribution in [2.45, 2.75) is 31.0 Å². The Morgan fingerprint density at radius 1 is 0.974 bits per heavy atom. The Morgan fingerprint density at radius 3 is 1.92 bits per heavy atom. The summed E-state index contributed by atoms with van der Waals surface area (Å²) in [4.78, 5) is 23.3. The number of alkyl halides is 5. The summed E-state index contributed by atoms with van der Waals surface area (Å²) in [7, 11) is -0.226. The van der Waals surface area contributed by atoms with Crippen molar-refractivity contribution in [3.05, 3.63) is 77.9 Å². The van der Waals surface area contributed by atoms with E-state index in [1.54, 1.807) is 0 Å². The summed E-state index contributed by atoms with van der Waals surface area (Å²) in [6.07, 6.45) is -10.7. The standard InChI is InChI=1S/C14H11F5O7S.C10H16N/c1-7(2)10(20)25-9-6-4-3-5-8(9)11(21)26-12(13(15,16)17)14(18,19)27(22,23)24;1-11(2,3)9-10-7-5-4-6-8-10/h3-6,12H,1H2,2H3,(H,22,23,24);4-8H,9H2,1-3H3/q;+1/p-1. The van der Waals surface area contributed by atoms with Gasteiger partial charge in [0.05, 0.1) is 21.1 Å². The molecule has 0 spiro atoms. The highest BCUT2D eigenvalue weighted by Crippen LogP contribution is 2.38.